The average Bonchev–Trinajstić information content (AvgIpc) is 2.74. The third-order valence-corrected chi connectivity index (χ3v) is 5.08. The van der Waals surface area contributed by atoms with Gasteiger partial charge in [0.25, 0.3) is 6.36 Å². The van der Waals surface area contributed by atoms with Crippen molar-refractivity contribution in [1.82, 2.24) is 0 Å². The van der Waals surface area contributed by atoms with E-state index in [9.17, 15) is 92.2 Å². The first-order valence-corrected chi connectivity index (χ1v) is 9.42. The van der Waals surface area contributed by atoms with Crippen molar-refractivity contribution in [1.29, 1.82) is 0 Å². The van der Waals surface area contributed by atoms with E-state index in [0.717, 1.165) is 19.1 Å². The smallest absolute Gasteiger partial charge is 0.381 e. The molecular formula is C16H11F21O2. The van der Waals surface area contributed by atoms with E-state index in [4.69, 9.17) is 4.74 Å². The van der Waals surface area contributed by atoms with Crippen LogP contribution in [0.3, 0.4) is 0 Å². The lowest BCUT2D eigenvalue weighted by Gasteiger charge is -2.43. The maximum atomic E-state index is 13.4. The molecular weight excluding hydrogens is 623 g/mol. The van der Waals surface area contributed by atoms with Gasteiger partial charge in [0.05, 0.1) is 13.2 Å². The maximum absolute atomic E-state index is 13.4. The third kappa shape index (κ3) is 4.85. The van der Waals surface area contributed by atoms with E-state index in [0.29, 0.717) is 0 Å². The summed E-state index contributed by atoms with van der Waals surface area (Å²) in [6, 6.07) is 0. The second kappa shape index (κ2) is 9.78. The number of hydrogen-bond acceptors (Lipinski definition) is 2. The standard InChI is InChI=1S/C12H3F21O.C4H8O/c13-1-2(14)6(20,21)34-3(15)5(18,19)8(24,25)10(28,29)12(32,33)11(30,31)9(26,27)7(22,23)4(1,16)17;1-4-2-5-3-4/h1-3H;4H,2-3H2,1H3. The summed E-state index contributed by atoms with van der Waals surface area (Å²) in [5.74, 6) is -68.1. The molecule has 0 aliphatic carbocycles. The van der Waals surface area contributed by atoms with Gasteiger partial charge in [-0.1, -0.05) is 6.92 Å². The maximum Gasteiger partial charge on any atom is 0.392 e. The highest BCUT2D eigenvalue weighted by atomic mass is 19.4. The van der Waals surface area contributed by atoms with Crippen LogP contribution in [0.1, 0.15) is 6.92 Å². The molecule has 0 aromatic rings. The molecule has 2 heterocycles. The largest absolute Gasteiger partial charge is 0.392 e. The molecule has 2 aliphatic heterocycles. The lowest BCUT2D eigenvalue weighted by atomic mass is 9.86. The van der Waals surface area contributed by atoms with Crippen molar-refractivity contribution < 1.29 is 102 Å². The highest BCUT2D eigenvalue weighted by Crippen LogP contribution is 2.65. The molecule has 0 spiro atoms. The second-order valence-electron chi connectivity index (χ2n) is 8.13. The van der Waals surface area contributed by atoms with Gasteiger partial charge in [-0.15, -0.1) is 0 Å². The molecule has 2 aliphatic rings. The predicted octanol–water partition coefficient (Wildman–Crippen LogP) is 7.32. The van der Waals surface area contributed by atoms with Crippen LogP contribution in [0.2, 0.25) is 0 Å². The van der Waals surface area contributed by atoms with E-state index in [-0.39, 0.29) is 0 Å². The fourth-order valence-corrected chi connectivity index (χ4v) is 2.51. The number of hydrogen-bond donors (Lipinski definition) is 0. The summed E-state index contributed by atoms with van der Waals surface area (Å²) in [6.07, 6.45) is -25.8. The van der Waals surface area contributed by atoms with Crippen molar-refractivity contribution in [2.24, 2.45) is 5.92 Å². The minimum Gasteiger partial charge on any atom is -0.381 e. The minimum absolute atomic E-state index is 0.843. The Bertz CT molecular complexity index is 866. The summed E-state index contributed by atoms with van der Waals surface area (Å²) in [4.78, 5) is 0. The van der Waals surface area contributed by atoms with Crippen LogP contribution in [0.4, 0.5) is 92.2 Å². The van der Waals surface area contributed by atoms with Gasteiger partial charge in [-0.25, -0.2) is 13.2 Å². The minimum atomic E-state index is -9.00. The molecule has 2 saturated heterocycles. The Morgan fingerprint density at radius 3 is 1.03 bits per heavy atom. The SMILES string of the molecule is CC1COC1.FC1C(F)C(F)(F)C(F)(F)C(F)(F)C(F)(F)C(F)(F)C(F)(F)C(F)(F)C(F)(F)C(F)OC1(F)F. The first-order valence-electron chi connectivity index (χ1n) is 9.42. The molecule has 0 N–H and O–H groups in total. The van der Waals surface area contributed by atoms with Crippen molar-refractivity contribution in [2.75, 3.05) is 13.2 Å². The first-order chi connectivity index (χ1) is 16.8. The van der Waals surface area contributed by atoms with Crippen LogP contribution in [0.15, 0.2) is 0 Å². The summed E-state index contributed by atoms with van der Waals surface area (Å²) in [5, 5.41) is 0. The van der Waals surface area contributed by atoms with Crippen LogP contribution in [-0.2, 0) is 9.47 Å². The van der Waals surface area contributed by atoms with Gasteiger partial charge in [0.1, 0.15) is 0 Å². The van der Waals surface area contributed by atoms with Crippen LogP contribution >= 0.6 is 0 Å². The highest BCUT2D eigenvalue weighted by Gasteiger charge is 2.96. The number of halogens is 21. The quantitative estimate of drug-likeness (QED) is 0.260. The van der Waals surface area contributed by atoms with Gasteiger partial charge in [0.15, 0.2) is 0 Å². The molecule has 0 bridgehead atoms. The summed E-state index contributed by atoms with van der Waals surface area (Å²) in [6.45, 7) is 4.16. The lowest BCUT2D eigenvalue weighted by molar-refractivity contribution is -0.461. The van der Waals surface area contributed by atoms with Crippen molar-refractivity contribution in [2.45, 2.75) is 79.1 Å². The van der Waals surface area contributed by atoms with Gasteiger partial charge in [0, 0.05) is 5.92 Å². The average molecular weight is 634 g/mol. The van der Waals surface area contributed by atoms with Crippen molar-refractivity contribution >= 4 is 0 Å². The molecule has 0 saturated carbocycles. The topological polar surface area (TPSA) is 18.5 Å². The molecule has 3 unspecified atom stereocenters. The Morgan fingerprint density at radius 2 is 0.744 bits per heavy atom. The molecule has 0 aromatic heterocycles. The van der Waals surface area contributed by atoms with Gasteiger partial charge in [-0.2, -0.15) is 79.0 Å². The zero-order valence-electron chi connectivity index (χ0n) is 18.0. The number of rotatable bonds is 0. The van der Waals surface area contributed by atoms with Crippen molar-refractivity contribution in [3.63, 3.8) is 0 Å². The molecule has 3 atom stereocenters. The van der Waals surface area contributed by atoms with E-state index < -0.39 is 72.2 Å². The van der Waals surface area contributed by atoms with E-state index in [1.54, 1.807) is 4.74 Å². The molecule has 0 amide bonds. The third-order valence-electron chi connectivity index (χ3n) is 5.08. The Balaban J connectivity index is 0.00000135. The van der Waals surface area contributed by atoms with E-state index in [2.05, 4.69) is 6.92 Å². The van der Waals surface area contributed by atoms with Crippen molar-refractivity contribution in [3.05, 3.63) is 0 Å². The van der Waals surface area contributed by atoms with Crippen LogP contribution in [0.5, 0.6) is 0 Å². The van der Waals surface area contributed by atoms with Gasteiger partial charge < -0.3 is 4.74 Å². The predicted molar refractivity (Wildman–Crippen MR) is 80.3 cm³/mol. The summed E-state index contributed by atoms with van der Waals surface area (Å²) in [7, 11) is 0. The number of alkyl halides is 21. The van der Waals surface area contributed by atoms with Gasteiger partial charge in [0.2, 0.25) is 12.3 Å². The monoisotopic (exact) mass is 634 g/mol. The Morgan fingerprint density at radius 1 is 0.462 bits per heavy atom. The molecule has 2 nitrogen and oxygen atoms in total. The molecule has 0 aromatic carbocycles. The summed E-state index contributed by atoms with van der Waals surface area (Å²) < 4.78 is 286. The van der Waals surface area contributed by atoms with Crippen LogP contribution in [0.25, 0.3) is 0 Å². The molecule has 39 heavy (non-hydrogen) atoms. The van der Waals surface area contributed by atoms with Gasteiger partial charge in [-0.3, -0.25) is 4.74 Å². The fourth-order valence-electron chi connectivity index (χ4n) is 2.51. The van der Waals surface area contributed by atoms with E-state index in [1.165, 1.54) is 0 Å². The second-order valence-corrected chi connectivity index (χ2v) is 8.13. The zero-order valence-corrected chi connectivity index (χ0v) is 18.0. The van der Waals surface area contributed by atoms with Crippen molar-refractivity contribution in [3.8, 4) is 0 Å². The van der Waals surface area contributed by atoms with E-state index >= 15 is 0 Å². The van der Waals surface area contributed by atoms with Crippen LogP contribution in [0, 0.1) is 5.92 Å². The Kier molecular flexibility index (Phi) is 8.89. The number of ether oxygens (including phenoxy) is 2. The molecule has 23 heteroatoms. The fraction of sp³-hybridized carbons (Fsp3) is 1.00. The Labute approximate surface area is 201 Å². The molecule has 234 valence electrons. The lowest BCUT2D eigenvalue weighted by Crippen LogP contribution is -2.76. The molecule has 0 radical (unpaired) electrons. The Hall–Kier alpha value is -1.55. The van der Waals surface area contributed by atoms with Crippen LogP contribution in [-0.4, -0.2) is 85.4 Å². The highest BCUT2D eigenvalue weighted by molar-refractivity contribution is 5.17. The summed E-state index contributed by atoms with van der Waals surface area (Å²) >= 11 is 0. The zero-order chi connectivity index (χ0) is 31.6. The van der Waals surface area contributed by atoms with Crippen LogP contribution < -0.4 is 0 Å². The first kappa shape index (κ1) is 35.5. The van der Waals surface area contributed by atoms with E-state index in [1.807, 2.05) is 0 Å². The molecule has 2 fully saturated rings. The summed E-state index contributed by atoms with van der Waals surface area (Å²) in [5.41, 5.74) is 0. The molecule has 2 rings (SSSR count). The van der Waals surface area contributed by atoms with Gasteiger partial charge in [-0.05, 0) is 0 Å². The normalized spacial score (nSPS) is 36.0. The van der Waals surface area contributed by atoms with Gasteiger partial charge >= 0.3 is 53.5 Å².